The number of amides is 2. The predicted molar refractivity (Wildman–Crippen MR) is 74.8 cm³/mol. The molecule has 8 heteroatoms. The van der Waals surface area contributed by atoms with Crippen LogP contribution < -0.4 is 16.4 Å². The number of halogens is 1. The molecule has 0 aromatic carbocycles. The fraction of sp³-hybridized carbons (Fsp3) is 0.0833. The Labute approximate surface area is 122 Å². The molecule has 0 fully saturated rings. The summed E-state index contributed by atoms with van der Waals surface area (Å²) in [6.45, 7) is -0.191. The first kappa shape index (κ1) is 14.1. The molecule has 7 nitrogen and oxygen atoms in total. The van der Waals surface area contributed by atoms with Crippen molar-refractivity contribution in [3.05, 3.63) is 57.2 Å². The molecule has 2 amide bonds. The number of carbonyl (C=O) groups excluding carboxylic acids is 2. The fourth-order valence-electron chi connectivity index (χ4n) is 1.49. The summed E-state index contributed by atoms with van der Waals surface area (Å²) in [6.07, 6.45) is 3.09. The molecular formula is C12H11BrN4O3. The van der Waals surface area contributed by atoms with Crippen LogP contribution in [0.25, 0.3) is 0 Å². The number of rotatable bonds is 3. The van der Waals surface area contributed by atoms with Crippen LogP contribution >= 0.6 is 15.9 Å². The number of hydrazine groups is 1. The summed E-state index contributed by atoms with van der Waals surface area (Å²) in [5.41, 5.74) is 4.49. The third-order valence-electron chi connectivity index (χ3n) is 2.42. The minimum absolute atomic E-state index is 0.191. The van der Waals surface area contributed by atoms with E-state index in [9.17, 15) is 14.4 Å². The second-order valence-corrected chi connectivity index (χ2v) is 4.82. The second-order valence-electron chi connectivity index (χ2n) is 3.90. The van der Waals surface area contributed by atoms with Gasteiger partial charge in [0.05, 0.1) is 0 Å². The maximum Gasteiger partial charge on any atom is 0.286 e. The average Bonchev–Trinajstić information content (AvgIpc) is 2.94. The van der Waals surface area contributed by atoms with Crippen molar-refractivity contribution in [2.75, 3.05) is 0 Å². The summed E-state index contributed by atoms with van der Waals surface area (Å²) < 4.78 is 1.90. The van der Waals surface area contributed by atoms with Crippen LogP contribution in [0.3, 0.4) is 0 Å². The van der Waals surface area contributed by atoms with Crippen molar-refractivity contribution in [2.45, 2.75) is 6.54 Å². The number of nitrogens with zero attached hydrogens (tertiary/aromatic N) is 1. The van der Waals surface area contributed by atoms with Crippen LogP contribution in [-0.4, -0.2) is 21.4 Å². The third kappa shape index (κ3) is 3.58. The van der Waals surface area contributed by atoms with E-state index in [4.69, 9.17) is 0 Å². The van der Waals surface area contributed by atoms with Gasteiger partial charge >= 0.3 is 0 Å². The van der Waals surface area contributed by atoms with Gasteiger partial charge in [-0.05, 0) is 34.1 Å². The summed E-state index contributed by atoms with van der Waals surface area (Å²) in [5, 5.41) is 0. The Balaban J connectivity index is 1.91. The van der Waals surface area contributed by atoms with E-state index in [1.165, 1.54) is 16.8 Å². The molecule has 2 aromatic rings. The molecule has 0 aliphatic carbocycles. The number of nitrogens with one attached hydrogen (secondary N) is 3. The highest BCUT2D eigenvalue weighted by Crippen LogP contribution is 2.04. The Kier molecular flexibility index (Phi) is 4.36. The molecule has 2 aromatic heterocycles. The highest BCUT2D eigenvalue weighted by atomic mass is 79.9. The van der Waals surface area contributed by atoms with Crippen LogP contribution in [0.4, 0.5) is 0 Å². The largest absolute Gasteiger partial charge is 0.357 e. The highest BCUT2D eigenvalue weighted by Gasteiger charge is 2.08. The van der Waals surface area contributed by atoms with Crippen molar-refractivity contribution >= 4 is 27.7 Å². The van der Waals surface area contributed by atoms with Crippen LogP contribution in [0, 0.1) is 0 Å². The lowest BCUT2D eigenvalue weighted by Gasteiger charge is -2.08. The van der Waals surface area contributed by atoms with Gasteiger partial charge in [-0.15, -0.1) is 0 Å². The van der Waals surface area contributed by atoms with Crippen LogP contribution in [-0.2, 0) is 11.3 Å². The molecule has 0 atom stereocenters. The fourth-order valence-corrected chi connectivity index (χ4v) is 1.86. The van der Waals surface area contributed by atoms with Gasteiger partial charge in [0, 0.05) is 22.9 Å². The number of aromatic nitrogens is 2. The minimum atomic E-state index is -0.509. The van der Waals surface area contributed by atoms with E-state index < -0.39 is 11.8 Å². The van der Waals surface area contributed by atoms with Crippen molar-refractivity contribution in [3.8, 4) is 0 Å². The van der Waals surface area contributed by atoms with Crippen LogP contribution in [0.15, 0.2) is 45.9 Å². The summed E-state index contributed by atoms with van der Waals surface area (Å²) in [4.78, 5) is 37.4. The van der Waals surface area contributed by atoms with Crippen molar-refractivity contribution < 1.29 is 9.59 Å². The predicted octanol–water partition coefficient (Wildman–Crippen LogP) is 0.400. The first-order chi connectivity index (χ1) is 9.56. The minimum Gasteiger partial charge on any atom is -0.357 e. The van der Waals surface area contributed by atoms with Crippen molar-refractivity contribution in [2.24, 2.45) is 0 Å². The number of pyridine rings is 1. The lowest BCUT2D eigenvalue weighted by atomic mass is 10.4. The van der Waals surface area contributed by atoms with Gasteiger partial charge in [0.2, 0.25) is 0 Å². The molecule has 0 aliphatic heterocycles. The second kappa shape index (κ2) is 6.20. The first-order valence-electron chi connectivity index (χ1n) is 5.65. The monoisotopic (exact) mass is 338 g/mol. The van der Waals surface area contributed by atoms with Gasteiger partial charge in [0.25, 0.3) is 17.4 Å². The number of H-pyrrole nitrogens is 1. The lowest BCUT2D eigenvalue weighted by molar-refractivity contribution is -0.122. The van der Waals surface area contributed by atoms with Crippen LogP contribution in [0.2, 0.25) is 0 Å². The Morgan fingerprint density at radius 3 is 2.75 bits per heavy atom. The normalized spacial score (nSPS) is 10.1. The number of aromatic amines is 1. The summed E-state index contributed by atoms with van der Waals surface area (Å²) >= 11 is 3.21. The number of hydrogen-bond acceptors (Lipinski definition) is 3. The van der Waals surface area contributed by atoms with Gasteiger partial charge in [0.1, 0.15) is 12.2 Å². The van der Waals surface area contributed by atoms with E-state index in [-0.39, 0.29) is 12.1 Å². The van der Waals surface area contributed by atoms with E-state index in [1.807, 2.05) is 0 Å². The molecule has 0 bridgehead atoms. The molecule has 3 N–H and O–H groups in total. The Bertz CT molecular complexity index is 678. The molecule has 0 radical (unpaired) electrons. The molecule has 20 heavy (non-hydrogen) atoms. The summed E-state index contributed by atoms with van der Waals surface area (Å²) in [7, 11) is 0. The molecule has 0 saturated carbocycles. The average molecular weight is 339 g/mol. The Morgan fingerprint density at radius 2 is 2.05 bits per heavy atom. The Hall–Kier alpha value is -2.35. The molecule has 2 rings (SSSR count). The van der Waals surface area contributed by atoms with Crippen molar-refractivity contribution in [1.82, 2.24) is 20.4 Å². The van der Waals surface area contributed by atoms with E-state index in [0.29, 0.717) is 10.2 Å². The molecule has 104 valence electrons. The first-order valence-corrected chi connectivity index (χ1v) is 6.44. The van der Waals surface area contributed by atoms with E-state index in [2.05, 4.69) is 31.8 Å². The molecule has 0 spiro atoms. The molecule has 2 heterocycles. The number of hydrogen-bond donors (Lipinski definition) is 3. The third-order valence-corrected chi connectivity index (χ3v) is 2.89. The lowest BCUT2D eigenvalue weighted by Crippen LogP contribution is -2.44. The number of carbonyl (C=O) groups is 2. The molecule has 0 aliphatic rings. The van der Waals surface area contributed by atoms with E-state index >= 15 is 0 Å². The van der Waals surface area contributed by atoms with E-state index in [0.717, 1.165) is 0 Å². The quantitative estimate of drug-likeness (QED) is 0.707. The van der Waals surface area contributed by atoms with Crippen LogP contribution in [0.1, 0.15) is 10.5 Å². The molecular weight excluding hydrogens is 328 g/mol. The van der Waals surface area contributed by atoms with Gasteiger partial charge in [0.15, 0.2) is 0 Å². The van der Waals surface area contributed by atoms with Crippen LogP contribution in [0.5, 0.6) is 0 Å². The summed E-state index contributed by atoms with van der Waals surface area (Å²) in [5.74, 6) is -0.977. The van der Waals surface area contributed by atoms with Gasteiger partial charge in [-0.25, -0.2) is 0 Å². The van der Waals surface area contributed by atoms with Gasteiger partial charge in [-0.3, -0.25) is 25.2 Å². The highest BCUT2D eigenvalue weighted by molar-refractivity contribution is 9.10. The van der Waals surface area contributed by atoms with Crippen molar-refractivity contribution in [1.29, 1.82) is 0 Å². The maximum atomic E-state index is 11.6. The summed E-state index contributed by atoms with van der Waals surface area (Å²) in [6, 6.07) is 6.16. The van der Waals surface area contributed by atoms with Gasteiger partial charge in [-0.2, -0.15) is 0 Å². The zero-order valence-corrected chi connectivity index (χ0v) is 11.8. The van der Waals surface area contributed by atoms with Crippen molar-refractivity contribution in [3.63, 3.8) is 0 Å². The zero-order chi connectivity index (χ0) is 14.5. The smallest absolute Gasteiger partial charge is 0.286 e. The SMILES string of the molecule is O=C(Cn1cc(Br)ccc1=O)NNC(=O)c1ccc[nH]1. The molecule has 0 saturated heterocycles. The zero-order valence-electron chi connectivity index (χ0n) is 10.2. The van der Waals surface area contributed by atoms with Gasteiger partial charge in [-0.1, -0.05) is 0 Å². The molecule has 0 unspecified atom stereocenters. The maximum absolute atomic E-state index is 11.6. The van der Waals surface area contributed by atoms with Gasteiger partial charge < -0.3 is 9.55 Å². The Morgan fingerprint density at radius 1 is 1.25 bits per heavy atom. The standard InChI is InChI=1S/C12H11BrN4O3/c13-8-3-4-11(19)17(6-8)7-10(18)15-16-12(20)9-2-1-5-14-9/h1-6,14H,7H2,(H,15,18)(H,16,20). The van der Waals surface area contributed by atoms with E-state index in [1.54, 1.807) is 24.4 Å². The topological polar surface area (TPSA) is 96.0 Å².